The molecule has 1 unspecified atom stereocenters. The van der Waals surface area contributed by atoms with E-state index in [-0.39, 0.29) is 6.61 Å². The lowest BCUT2D eigenvalue weighted by molar-refractivity contribution is 0.258. The quantitative estimate of drug-likeness (QED) is 0.862. The van der Waals surface area contributed by atoms with Gasteiger partial charge >= 0.3 is 0 Å². The molecule has 0 saturated carbocycles. The number of nitrogens with zero attached hydrogens (tertiary/aromatic N) is 3. The smallest absolute Gasteiger partial charge is 0.185 e. The normalized spacial score (nSPS) is 21.8. The highest BCUT2D eigenvalue weighted by Crippen LogP contribution is 2.26. The summed E-state index contributed by atoms with van der Waals surface area (Å²) in [5.74, 6) is 0. The molecule has 1 saturated heterocycles. The molecule has 0 radical (unpaired) electrons. The second-order valence-electron chi connectivity index (χ2n) is 4.47. The van der Waals surface area contributed by atoms with Crippen molar-refractivity contribution in [3.8, 4) is 0 Å². The molecular weight excluding hydrogens is 222 g/mol. The summed E-state index contributed by atoms with van der Waals surface area (Å²) >= 11 is 1.60. The zero-order valence-corrected chi connectivity index (χ0v) is 10.7. The van der Waals surface area contributed by atoms with Crippen molar-refractivity contribution in [1.82, 2.24) is 9.88 Å². The molecule has 1 aromatic heterocycles. The first-order chi connectivity index (χ1) is 7.70. The Kier molecular flexibility index (Phi) is 3.78. The van der Waals surface area contributed by atoms with Gasteiger partial charge in [0.05, 0.1) is 11.5 Å². The van der Waals surface area contributed by atoms with Gasteiger partial charge in [-0.05, 0) is 26.9 Å². The lowest BCUT2D eigenvalue weighted by Crippen LogP contribution is -2.45. The first-order valence-electron chi connectivity index (χ1n) is 5.67. The summed E-state index contributed by atoms with van der Waals surface area (Å²) in [5.41, 5.74) is 0. The van der Waals surface area contributed by atoms with Crippen LogP contribution in [0.2, 0.25) is 0 Å². The third-order valence-electron chi connectivity index (χ3n) is 3.09. The molecule has 1 aromatic rings. The second-order valence-corrected chi connectivity index (χ2v) is 5.57. The van der Waals surface area contributed by atoms with Crippen LogP contribution in [-0.4, -0.2) is 48.2 Å². The van der Waals surface area contributed by atoms with E-state index in [1.54, 1.807) is 17.5 Å². The summed E-state index contributed by atoms with van der Waals surface area (Å²) < 4.78 is 0. The average molecular weight is 241 g/mol. The molecule has 2 heterocycles. The maximum atomic E-state index is 9.03. The monoisotopic (exact) mass is 241 g/mol. The van der Waals surface area contributed by atoms with Crippen molar-refractivity contribution in [2.75, 3.05) is 32.1 Å². The van der Waals surface area contributed by atoms with E-state index in [4.69, 9.17) is 5.11 Å². The van der Waals surface area contributed by atoms with Crippen LogP contribution < -0.4 is 4.90 Å². The van der Waals surface area contributed by atoms with Crippen molar-refractivity contribution in [3.63, 3.8) is 0 Å². The molecule has 0 aliphatic carbocycles. The Bertz CT molecular complexity index is 340. The first kappa shape index (κ1) is 11.8. The fourth-order valence-corrected chi connectivity index (χ4v) is 2.87. The van der Waals surface area contributed by atoms with Crippen LogP contribution in [0.4, 0.5) is 5.13 Å². The molecule has 16 heavy (non-hydrogen) atoms. The largest absolute Gasteiger partial charge is 0.391 e. The maximum Gasteiger partial charge on any atom is 0.185 e. The van der Waals surface area contributed by atoms with Gasteiger partial charge in [0.25, 0.3) is 0 Å². The third-order valence-corrected chi connectivity index (χ3v) is 4.14. The van der Waals surface area contributed by atoms with Crippen LogP contribution in [0.3, 0.4) is 0 Å². The standard InChI is InChI=1S/C11H19N3OS/c1-13(2)9-4-3-5-14(7-9)11-12-6-10(8-15)16-11/h6,9,15H,3-5,7-8H2,1-2H3. The second kappa shape index (κ2) is 5.12. The fraction of sp³-hybridized carbons (Fsp3) is 0.727. The van der Waals surface area contributed by atoms with E-state index in [0.717, 1.165) is 23.1 Å². The lowest BCUT2D eigenvalue weighted by Gasteiger charge is -2.35. The molecule has 5 heteroatoms. The molecule has 0 aromatic carbocycles. The van der Waals surface area contributed by atoms with Crippen molar-refractivity contribution in [2.24, 2.45) is 0 Å². The predicted molar refractivity (Wildman–Crippen MR) is 67.0 cm³/mol. The molecule has 0 amide bonds. The average Bonchev–Trinajstić information content (AvgIpc) is 2.77. The van der Waals surface area contributed by atoms with Gasteiger partial charge in [0.15, 0.2) is 5.13 Å². The van der Waals surface area contributed by atoms with Crippen LogP contribution in [0, 0.1) is 0 Å². The summed E-state index contributed by atoms with van der Waals surface area (Å²) in [4.78, 5) is 9.93. The number of aliphatic hydroxyl groups excluding tert-OH is 1. The Hall–Kier alpha value is -0.650. The van der Waals surface area contributed by atoms with Crippen molar-refractivity contribution < 1.29 is 5.11 Å². The van der Waals surface area contributed by atoms with Crippen molar-refractivity contribution in [2.45, 2.75) is 25.5 Å². The minimum Gasteiger partial charge on any atom is -0.391 e. The highest BCUT2D eigenvalue weighted by molar-refractivity contribution is 7.15. The van der Waals surface area contributed by atoms with Crippen LogP contribution in [-0.2, 0) is 6.61 Å². The minimum atomic E-state index is 0.0998. The number of rotatable bonds is 3. The number of hydrogen-bond acceptors (Lipinski definition) is 5. The van der Waals surface area contributed by atoms with Gasteiger partial charge in [0, 0.05) is 25.3 Å². The van der Waals surface area contributed by atoms with Gasteiger partial charge in [-0.25, -0.2) is 4.98 Å². The van der Waals surface area contributed by atoms with Gasteiger partial charge in [0.2, 0.25) is 0 Å². The lowest BCUT2D eigenvalue weighted by atomic mass is 10.1. The summed E-state index contributed by atoms with van der Waals surface area (Å²) in [7, 11) is 4.27. The molecule has 1 atom stereocenters. The number of hydrogen-bond donors (Lipinski definition) is 1. The van der Waals surface area contributed by atoms with Crippen LogP contribution >= 0.6 is 11.3 Å². The topological polar surface area (TPSA) is 39.6 Å². The summed E-state index contributed by atoms with van der Waals surface area (Å²) in [5, 5.41) is 10.1. The number of aromatic nitrogens is 1. The molecule has 2 rings (SSSR count). The fourth-order valence-electron chi connectivity index (χ4n) is 2.07. The zero-order valence-electron chi connectivity index (χ0n) is 9.89. The maximum absolute atomic E-state index is 9.03. The predicted octanol–water partition coefficient (Wildman–Crippen LogP) is 1.17. The molecular formula is C11H19N3OS. The molecule has 90 valence electrons. The van der Waals surface area contributed by atoms with Crippen molar-refractivity contribution in [1.29, 1.82) is 0 Å². The van der Waals surface area contributed by atoms with E-state index in [2.05, 4.69) is 28.9 Å². The van der Waals surface area contributed by atoms with Gasteiger partial charge in [-0.3, -0.25) is 0 Å². The van der Waals surface area contributed by atoms with Gasteiger partial charge in [-0.1, -0.05) is 11.3 Å². The van der Waals surface area contributed by atoms with E-state index >= 15 is 0 Å². The number of aliphatic hydroxyl groups is 1. The summed E-state index contributed by atoms with van der Waals surface area (Å²) in [6, 6.07) is 0.621. The van der Waals surface area contributed by atoms with Gasteiger partial charge in [0.1, 0.15) is 0 Å². The number of anilines is 1. The van der Waals surface area contributed by atoms with Crippen LogP contribution in [0.5, 0.6) is 0 Å². The van der Waals surface area contributed by atoms with Crippen LogP contribution in [0.25, 0.3) is 0 Å². The molecule has 4 nitrogen and oxygen atoms in total. The van der Waals surface area contributed by atoms with E-state index in [1.807, 2.05) is 0 Å². The Morgan fingerprint density at radius 2 is 2.44 bits per heavy atom. The molecule has 1 N–H and O–H groups in total. The van der Waals surface area contributed by atoms with E-state index < -0.39 is 0 Å². The Labute approximate surface area is 101 Å². The first-order valence-corrected chi connectivity index (χ1v) is 6.49. The number of thiazole rings is 1. The number of likely N-dealkylation sites (N-methyl/N-ethyl adjacent to an activating group) is 1. The number of piperidine rings is 1. The Balaban J connectivity index is 2.03. The SMILES string of the molecule is CN(C)C1CCCN(c2ncc(CO)s2)C1. The van der Waals surface area contributed by atoms with E-state index in [0.29, 0.717) is 6.04 Å². The Morgan fingerprint density at radius 1 is 1.62 bits per heavy atom. The minimum absolute atomic E-state index is 0.0998. The van der Waals surface area contributed by atoms with E-state index in [1.165, 1.54) is 12.8 Å². The third kappa shape index (κ3) is 2.53. The van der Waals surface area contributed by atoms with Crippen molar-refractivity contribution >= 4 is 16.5 Å². The highest BCUT2D eigenvalue weighted by Gasteiger charge is 2.23. The Morgan fingerprint density at radius 3 is 3.06 bits per heavy atom. The van der Waals surface area contributed by atoms with Crippen LogP contribution in [0.1, 0.15) is 17.7 Å². The molecule has 0 spiro atoms. The summed E-state index contributed by atoms with van der Waals surface area (Å²) in [6.45, 7) is 2.23. The van der Waals surface area contributed by atoms with E-state index in [9.17, 15) is 0 Å². The van der Waals surface area contributed by atoms with Crippen LogP contribution in [0.15, 0.2) is 6.20 Å². The van der Waals surface area contributed by atoms with Crippen molar-refractivity contribution in [3.05, 3.63) is 11.1 Å². The van der Waals surface area contributed by atoms with Gasteiger partial charge in [-0.15, -0.1) is 0 Å². The molecule has 1 fully saturated rings. The summed E-state index contributed by atoms with van der Waals surface area (Å²) in [6.07, 6.45) is 4.26. The zero-order chi connectivity index (χ0) is 11.5. The van der Waals surface area contributed by atoms with Gasteiger partial charge < -0.3 is 14.9 Å². The molecule has 1 aliphatic heterocycles. The molecule has 1 aliphatic rings. The molecule has 0 bridgehead atoms. The van der Waals surface area contributed by atoms with Gasteiger partial charge in [-0.2, -0.15) is 0 Å². The highest BCUT2D eigenvalue weighted by atomic mass is 32.1.